The maximum atomic E-state index is 9.08. The van der Waals surface area contributed by atoms with Crippen LogP contribution in [0.1, 0.15) is 51.4 Å². The van der Waals surface area contributed by atoms with E-state index in [1.54, 1.807) is 0 Å². The van der Waals surface area contributed by atoms with Gasteiger partial charge in [0.15, 0.2) is 0 Å². The molecule has 2 nitrogen and oxygen atoms in total. The van der Waals surface area contributed by atoms with Crippen molar-refractivity contribution in [1.29, 1.82) is 5.26 Å². The smallest absolute Gasteiger partial charge is 0.0703 e. The van der Waals surface area contributed by atoms with Crippen LogP contribution >= 0.6 is 0 Å². The molecule has 0 radical (unpaired) electrons. The highest BCUT2D eigenvalue weighted by molar-refractivity contribution is 5.05. The Hall–Kier alpha value is -0.550. The van der Waals surface area contributed by atoms with Crippen molar-refractivity contribution in [1.82, 2.24) is 5.32 Å². The first-order chi connectivity index (χ1) is 7.35. The predicted octanol–water partition coefficient (Wildman–Crippen LogP) is 2.85. The fourth-order valence-corrected chi connectivity index (χ4v) is 2.84. The van der Waals surface area contributed by atoms with Gasteiger partial charge in [0, 0.05) is 6.54 Å². The van der Waals surface area contributed by atoms with Crippen molar-refractivity contribution >= 4 is 0 Å². The second kappa shape index (κ2) is 4.99. The van der Waals surface area contributed by atoms with Crippen LogP contribution in [0.5, 0.6) is 0 Å². The molecule has 2 aliphatic rings. The third-order valence-corrected chi connectivity index (χ3v) is 4.17. The molecule has 0 unspecified atom stereocenters. The lowest BCUT2D eigenvalue weighted by Crippen LogP contribution is -2.40. The lowest BCUT2D eigenvalue weighted by molar-refractivity contribution is 0.200. The van der Waals surface area contributed by atoms with Crippen LogP contribution in [0.15, 0.2) is 0 Å². The van der Waals surface area contributed by atoms with Gasteiger partial charge in [0.05, 0.1) is 11.5 Å². The Bertz CT molecular complexity index is 231. The van der Waals surface area contributed by atoms with Gasteiger partial charge < -0.3 is 5.32 Å². The van der Waals surface area contributed by atoms with E-state index in [0.29, 0.717) is 0 Å². The summed E-state index contributed by atoms with van der Waals surface area (Å²) in [5.74, 6) is 0.884. The fourth-order valence-electron chi connectivity index (χ4n) is 2.84. The van der Waals surface area contributed by atoms with Gasteiger partial charge >= 0.3 is 0 Å². The highest BCUT2D eigenvalue weighted by Gasteiger charge is 2.36. The predicted molar refractivity (Wildman–Crippen MR) is 61.3 cm³/mol. The minimum absolute atomic E-state index is 0.00860. The summed E-state index contributed by atoms with van der Waals surface area (Å²) in [6.07, 6.45) is 10.5. The Labute approximate surface area is 93.0 Å². The Balaban J connectivity index is 1.63. The molecular formula is C13H22N2. The Morgan fingerprint density at radius 1 is 1.13 bits per heavy atom. The molecule has 2 rings (SSSR count). The van der Waals surface area contributed by atoms with Gasteiger partial charge in [-0.1, -0.05) is 25.7 Å². The molecule has 0 aromatic carbocycles. The highest BCUT2D eigenvalue weighted by Crippen LogP contribution is 2.39. The lowest BCUT2D eigenvalue weighted by atomic mass is 9.70. The molecule has 2 heteroatoms. The molecule has 2 fully saturated rings. The standard InChI is InChI=1S/C13H22N2/c14-10-13(7-4-8-13)11-15-9-12-5-2-1-3-6-12/h12,15H,1-9,11H2. The normalized spacial score (nSPS) is 25.5. The summed E-state index contributed by atoms with van der Waals surface area (Å²) >= 11 is 0. The number of rotatable bonds is 4. The third kappa shape index (κ3) is 2.72. The summed E-state index contributed by atoms with van der Waals surface area (Å²) < 4.78 is 0. The summed E-state index contributed by atoms with van der Waals surface area (Å²) in [5.41, 5.74) is 0.00860. The minimum Gasteiger partial charge on any atom is -0.315 e. The van der Waals surface area contributed by atoms with E-state index in [9.17, 15) is 0 Å². The zero-order valence-electron chi connectivity index (χ0n) is 9.60. The number of nitriles is 1. The van der Waals surface area contributed by atoms with Gasteiger partial charge in [0.2, 0.25) is 0 Å². The monoisotopic (exact) mass is 206 g/mol. The van der Waals surface area contributed by atoms with Crippen LogP contribution in [-0.2, 0) is 0 Å². The first-order valence-corrected chi connectivity index (χ1v) is 6.47. The van der Waals surface area contributed by atoms with Gasteiger partial charge in [-0.25, -0.2) is 0 Å². The first-order valence-electron chi connectivity index (χ1n) is 6.47. The minimum atomic E-state index is 0.00860. The third-order valence-electron chi connectivity index (χ3n) is 4.17. The van der Waals surface area contributed by atoms with Crippen LogP contribution in [-0.4, -0.2) is 13.1 Å². The highest BCUT2D eigenvalue weighted by atomic mass is 14.9. The molecular weight excluding hydrogens is 184 g/mol. The van der Waals surface area contributed by atoms with Crippen molar-refractivity contribution in [3.05, 3.63) is 0 Å². The molecule has 0 saturated heterocycles. The second-order valence-corrected chi connectivity index (χ2v) is 5.38. The molecule has 0 aromatic rings. The summed E-state index contributed by atoms with van der Waals surface area (Å²) in [7, 11) is 0. The SMILES string of the molecule is N#CC1(CNCC2CCCCC2)CCC1. The van der Waals surface area contributed by atoms with Crippen molar-refractivity contribution in [3.63, 3.8) is 0 Å². The molecule has 15 heavy (non-hydrogen) atoms. The van der Waals surface area contributed by atoms with E-state index < -0.39 is 0 Å². The van der Waals surface area contributed by atoms with Crippen molar-refractivity contribution < 1.29 is 0 Å². The summed E-state index contributed by atoms with van der Waals surface area (Å²) in [4.78, 5) is 0. The second-order valence-electron chi connectivity index (χ2n) is 5.38. The average molecular weight is 206 g/mol. The molecule has 0 bridgehead atoms. The van der Waals surface area contributed by atoms with E-state index in [1.807, 2.05) is 0 Å². The molecule has 0 aromatic heterocycles. The first kappa shape index (κ1) is 11.0. The fraction of sp³-hybridized carbons (Fsp3) is 0.923. The van der Waals surface area contributed by atoms with Crippen LogP contribution < -0.4 is 5.32 Å². The van der Waals surface area contributed by atoms with Crippen LogP contribution in [0.2, 0.25) is 0 Å². The van der Waals surface area contributed by atoms with Crippen molar-refractivity contribution in [2.24, 2.45) is 11.3 Å². The van der Waals surface area contributed by atoms with Crippen LogP contribution in [0.3, 0.4) is 0 Å². The van der Waals surface area contributed by atoms with Crippen LogP contribution in [0.4, 0.5) is 0 Å². The van der Waals surface area contributed by atoms with Gasteiger partial charge in [-0.15, -0.1) is 0 Å². The molecule has 0 spiro atoms. The van der Waals surface area contributed by atoms with E-state index in [4.69, 9.17) is 5.26 Å². The topological polar surface area (TPSA) is 35.8 Å². The molecule has 2 saturated carbocycles. The van der Waals surface area contributed by atoms with E-state index in [-0.39, 0.29) is 5.41 Å². The molecule has 1 N–H and O–H groups in total. The van der Waals surface area contributed by atoms with E-state index in [2.05, 4.69) is 11.4 Å². The van der Waals surface area contributed by atoms with Gasteiger partial charge in [-0.05, 0) is 38.1 Å². The van der Waals surface area contributed by atoms with E-state index in [1.165, 1.54) is 38.5 Å². The number of nitrogens with zero attached hydrogens (tertiary/aromatic N) is 1. The van der Waals surface area contributed by atoms with E-state index in [0.717, 1.165) is 31.8 Å². The van der Waals surface area contributed by atoms with Gasteiger partial charge in [-0.3, -0.25) is 0 Å². The van der Waals surface area contributed by atoms with E-state index >= 15 is 0 Å². The summed E-state index contributed by atoms with van der Waals surface area (Å²) in [6, 6.07) is 2.49. The van der Waals surface area contributed by atoms with Crippen molar-refractivity contribution in [3.8, 4) is 6.07 Å². The molecule has 2 aliphatic carbocycles. The quantitative estimate of drug-likeness (QED) is 0.767. The van der Waals surface area contributed by atoms with Crippen LogP contribution in [0, 0.1) is 22.7 Å². The van der Waals surface area contributed by atoms with Crippen molar-refractivity contribution in [2.45, 2.75) is 51.4 Å². The zero-order chi connectivity index (χ0) is 10.6. The number of nitrogens with one attached hydrogen (secondary N) is 1. The average Bonchev–Trinajstić information content (AvgIpc) is 2.24. The Morgan fingerprint density at radius 3 is 2.40 bits per heavy atom. The van der Waals surface area contributed by atoms with Crippen LogP contribution in [0.25, 0.3) is 0 Å². The summed E-state index contributed by atoms with van der Waals surface area (Å²) in [6.45, 7) is 2.07. The Kier molecular flexibility index (Phi) is 3.64. The molecule has 0 aliphatic heterocycles. The number of hydrogen-bond acceptors (Lipinski definition) is 2. The largest absolute Gasteiger partial charge is 0.315 e. The van der Waals surface area contributed by atoms with Gasteiger partial charge in [-0.2, -0.15) is 5.26 Å². The zero-order valence-corrected chi connectivity index (χ0v) is 9.60. The van der Waals surface area contributed by atoms with Gasteiger partial charge in [0.25, 0.3) is 0 Å². The molecule has 0 heterocycles. The molecule has 84 valence electrons. The number of hydrogen-bond donors (Lipinski definition) is 1. The summed E-state index contributed by atoms with van der Waals surface area (Å²) in [5, 5.41) is 12.6. The molecule has 0 atom stereocenters. The molecule has 0 amide bonds. The van der Waals surface area contributed by atoms with Crippen molar-refractivity contribution in [2.75, 3.05) is 13.1 Å². The lowest BCUT2D eigenvalue weighted by Gasteiger charge is -2.36. The maximum absolute atomic E-state index is 9.08. The van der Waals surface area contributed by atoms with Gasteiger partial charge in [0.1, 0.15) is 0 Å². The Morgan fingerprint density at radius 2 is 1.87 bits per heavy atom. The maximum Gasteiger partial charge on any atom is 0.0703 e.